The summed E-state index contributed by atoms with van der Waals surface area (Å²) >= 11 is 0. The zero-order valence-electron chi connectivity index (χ0n) is 13.5. The quantitative estimate of drug-likeness (QED) is 0.518. The highest BCUT2D eigenvalue weighted by molar-refractivity contribution is 5.80. The number of hydrogen-bond donors (Lipinski definition) is 1. The minimum Gasteiger partial charge on any atom is -0.465 e. The van der Waals surface area contributed by atoms with Crippen LogP contribution in [0, 0.1) is 5.41 Å². The van der Waals surface area contributed by atoms with Gasteiger partial charge < -0.3 is 14.8 Å². The summed E-state index contributed by atoms with van der Waals surface area (Å²) in [5.74, 6) is -0.188. The molecule has 0 heterocycles. The Labute approximate surface area is 118 Å². The molecule has 0 bridgehead atoms. The second-order valence-electron chi connectivity index (χ2n) is 6.33. The Kier molecular flexibility index (Phi) is 8.26. The molecule has 0 aliphatic rings. The highest BCUT2D eigenvalue weighted by Crippen LogP contribution is 2.18. The van der Waals surface area contributed by atoms with Gasteiger partial charge in [0.15, 0.2) is 0 Å². The summed E-state index contributed by atoms with van der Waals surface area (Å²) in [6.45, 7) is 12.2. The van der Waals surface area contributed by atoms with Crippen LogP contribution in [0.4, 0.5) is 0 Å². The van der Waals surface area contributed by atoms with Gasteiger partial charge in [-0.1, -0.05) is 20.8 Å². The first-order valence-corrected chi connectivity index (χ1v) is 7.19. The van der Waals surface area contributed by atoms with Crippen molar-refractivity contribution in [3.63, 3.8) is 0 Å². The lowest BCUT2D eigenvalue weighted by Crippen LogP contribution is -2.48. The van der Waals surface area contributed by atoms with E-state index < -0.39 is 5.54 Å². The van der Waals surface area contributed by atoms with E-state index in [1.807, 2.05) is 13.8 Å². The number of hydrogen-bond acceptors (Lipinski definition) is 4. The molecule has 1 N–H and O–H groups in total. The van der Waals surface area contributed by atoms with Gasteiger partial charge in [0.25, 0.3) is 0 Å². The fraction of sp³-hybridized carbons (Fsp3) is 0.933. The first-order valence-electron chi connectivity index (χ1n) is 7.19. The summed E-state index contributed by atoms with van der Waals surface area (Å²) in [7, 11) is 1.79. The number of likely N-dealkylation sites (N-methyl/N-ethyl adjacent to an activating group) is 1. The molecule has 0 aliphatic carbocycles. The first kappa shape index (κ1) is 18.4. The number of nitrogens with one attached hydrogen (secondary N) is 1. The van der Waals surface area contributed by atoms with Crippen molar-refractivity contribution in [1.82, 2.24) is 5.32 Å². The number of ether oxygens (including phenoxy) is 2. The molecule has 4 nitrogen and oxygen atoms in total. The molecule has 0 saturated carbocycles. The molecular weight excluding hydrogens is 242 g/mol. The van der Waals surface area contributed by atoms with Gasteiger partial charge in [-0.3, -0.25) is 4.79 Å². The molecule has 0 spiro atoms. The molecular formula is C15H31NO3. The van der Waals surface area contributed by atoms with Crippen LogP contribution in [0.3, 0.4) is 0 Å². The molecule has 0 aromatic carbocycles. The maximum atomic E-state index is 11.8. The fourth-order valence-corrected chi connectivity index (χ4v) is 1.63. The number of esters is 1. The van der Waals surface area contributed by atoms with Crippen molar-refractivity contribution in [2.24, 2.45) is 5.41 Å². The van der Waals surface area contributed by atoms with Gasteiger partial charge in [-0.05, 0) is 45.6 Å². The van der Waals surface area contributed by atoms with Gasteiger partial charge in [0.05, 0.1) is 6.61 Å². The topological polar surface area (TPSA) is 47.6 Å². The zero-order chi connectivity index (χ0) is 14.9. The third kappa shape index (κ3) is 8.22. The summed E-state index contributed by atoms with van der Waals surface area (Å²) < 4.78 is 10.7. The van der Waals surface area contributed by atoms with E-state index in [4.69, 9.17) is 9.47 Å². The number of carbonyl (C=O) groups excluding carboxylic acids is 1. The van der Waals surface area contributed by atoms with Crippen molar-refractivity contribution in [2.45, 2.75) is 59.4 Å². The molecule has 0 aliphatic heterocycles. The van der Waals surface area contributed by atoms with Crippen LogP contribution in [0.5, 0.6) is 0 Å². The van der Waals surface area contributed by atoms with Gasteiger partial charge in [-0.2, -0.15) is 0 Å². The molecule has 0 rings (SSSR count). The van der Waals surface area contributed by atoms with E-state index in [0.717, 1.165) is 25.9 Å². The third-order valence-corrected chi connectivity index (χ3v) is 3.24. The van der Waals surface area contributed by atoms with Crippen LogP contribution in [0.15, 0.2) is 0 Å². The molecule has 0 radical (unpaired) electrons. The van der Waals surface area contributed by atoms with Gasteiger partial charge >= 0.3 is 5.97 Å². The molecule has 1 unspecified atom stereocenters. The molecule has 1 atom stereocenters. The van der Waals surface area contributed by atoms with Gasteiger partial charge in [0, 0.05) is 13.2 Å². The number of carbonyl (C=O) groups is 1. The van der Waals surface area contributed by atoms with E-state index in [9.17, 15) is 4.79 Å². The fourth-order valence-electron chi connectivity index (χ4n) is 1.63. The normalized spacial score (nSPS) is 15.1. The van der Waals surface area contributed by atoms with E-state index in [-0.39, 0.29) is 5.97 Å². The van der Waals surface area contributed by atoms with Crippen LogP contribution >= 0.6 is 0 Å². The molecule has 0 fully saturated rings. The van der Waals surface area contributed by atoms with Crippen LogP contribution in [0.1, 0.15) is 53.9 Å². The van der Waals surface area contributed by atoms with Crippen LogP contribution in [-0.4, -0.2) is 38.4 Å². The molecule has 4 heteroatoms. The SMILES string of the molecule is CCOC(=O)C(C)(CCCOCCC(C)(C)C)NC. The van der Waals surface area contributed by atoms with Crippen molar-refractivity contribution in [2.75, 3.05) is 26.9 Å². The van der Waals surface area contributed by atoms with Gasteiger partial charge in [-0.25, -0.2) is 0 Å². The molecule has 19 heavy (non-hydrogen) atoms. The Morgan fingerprint density at radius 3 is 2.21 bits per heavy atom. The predicted octanol–water partition coefficient (Wildman–Crippen LogP) is 2.76. The van der Waals surface area contributed by atoms with Gasteiger partial charge in [-0.15, -0.1) is 0 Å². The average Bonchev–Trinajstić information content (AvgIpc) is 2.32. The lowest BCUT2D eigenvalue weighted by atomic mass is 9.93. The first-order chi connectivity index (χ1) is 8.75. The summed E-state index contributed by atoms with van der Waals surface area (Å²) in [5, 5.41) is 3.05. The van der Waals surface area contributed by atoms with Crippen molar-refractivity contribution < 1.29 is 14.3 Å². The van der Waals surface area contributed by atoms with Crippen molar-refractivity contribution in [1.29, 1.82) is 0 Å². The second kappa shape index (κ2) is 8.54. The Bertz CT molecular complexity index is 261. The second-order valence-corrected chi connectivity index (χ2v) is 6.33. The predicted molar refractivity (Wildman–Crippen MR) is 78.2 cm³/mol. The lowest BCUT2D eigenvalue weighted by Gasteiger charge is -2.26. The summed E-state index contributed by atoms with van der Waals surface area (Å²) in [6, 6.07) is 0. The summed E-state index contributed by atoms with van der Waals surface area (Å²) in [6.07, 6.45) is 2.62. The van der Waals surface area contributed by atoms with E-state index in [2.05, 4.69) is 26.1 Å². The Hall–Kier alpha value is -0.610. The van der Waals surface area contributed by atoms with Crippen LogP contribution in [-0.2, 0) is 14.3 Å². The lowest BCUT2D eigenvalue weighted by molar-refractivity contribution is -0.150. The van der Waals surface area contributed by atoms with E-state index in [1.165, 1.54) is 0 Å². The minimum absolute atomic E-state index is 0.188. The summed E-state index contributed by atoms with van der Waals surface area (Å²) in [4.78, 5) is 11.8. The molecule has 114 valence electrons. The van der Waals surface area contributed by atoms with E-state index in [1.54, 1.807) is 7.05 Å². The Morgan fingerprint density at radius 1 is 1.11 bits per heavy atom. The maximum absolute atomic E-state index is 11.8. The monoisotopic (exact) mass is 273 g/mol. The van der Waals surface area contributed by atoms with Gasteiger partial charge in [0.2, 0.25) is 0 Å². The van der Waals surface area contributed by atoms with E-state index in [0.29, 0.717) is 18.6 Å². The molecule has 0 aromatic rings. The largest absolute Gasteiger partial charge is 0.465 e. The average molecular weight is 273 g/mol. The Morgan fingerprint density at radius 2 is 1.74 bits per heavy atom. The molecule has 0 aromatic heterocycles. The molecule has 0 amide bonds. The zero-order valence-corrected chi connectivity index (χ0v) is 13.5. The standard InChI is InChI=1S/C15H31NO3/c1-7-19-13(17)15(5,16-6)9-8-11-18-12-10-14(2,3)4/h16H,7-12H2,1-6H3. The smallest absolute Gasteiger partial charge is 0.326 e. The van der Waals surface area contributed by atoms with Crippen molar-refractivity contribution in [3.8, 4) is 0 Å². The van der Waals surface area contributed by atoms with Crippen LogP contribution < -0.4 is 5.32 Å². The van der Waals surface area contributed by atoms with Crippen LogP contribution in [0.2, 0.25) is 0 Å². The number of rotatable bonds is 9. The third-order valence-electron chi connectivity index (χ3n) is 3.24. The minimum atomic E-state index is -0.608. The highest BCUT2D eigenvalue weighted by Gasteiger charge is 2.32. The molecule has 0 saturated heterocycles. The van der Waals surface area contributed by atoms with Gasteiger partial charge in [0.1, 0.15) is 5.54 Å². The van der Waals surface area contributed by atoms with E-state index >= 15 is 0 Å². The van der Waals surface area contributed by atoms with Crippen LogP contribution in [0.25, 0.3) is 0 Å². The van der Waals surface area contributed by atoms with Crippen molar-refractivity contribution >= 4 is 5.97 Å². The van der Waals surface area contributed by atoms with Crippen molar-refractivity contribution in [3.05, 3.63) is 0 Å². The highest BCUT2D eigenvalue weighted by atomic mass is 16.5. The Balaban J connectivity index is 3.87. The summed E-state index contributed by atoms with van der Waals surface area (Å²) in [5.41, 5.74) is -0.298. The maximum Gasteiger partial charge on any atom is 0.326 e.